The van der Waals surface area contributed by atoms with Gasteiger partial charge in [0.25, 0.3) is 0 Å². The maximum absolute atomic E-state index is 10.8. The average Bonchev–Trinajstić information content (AvgIpc) is 2.75. The van der Waals surface area contributed by atoms with Crippen LogP contribution in [0.2, 0.25) is 0 Å². The van der Waals surface area contributed by atoms with Crippen molar-refractivity contribution in [1.82, 2.24) is 4.90 Å². The maximum Gasteiger partial charge on any atom is 0.128 e. The Morgan fingerprint density at radius 2 is 1.81 bits per heavy atom. The molecule has 4 heteroatoms. The molecule has 4 nitrogen and oxygen atoms in total. The number of aliphatic hydroxyl groups is 1. The molecule has 3 atom stereocenters. The lowest BCUT2D eigenvalue weighted by molar-refractivity contribution is 0.0343. The van der Waals surface area contributed by atoms with Crippen LogP contribution >= 0.6 is 0 Å². The van der Waals surface area contributed by atoms with Crippen LogP contribution in [0, 0.1) is 5.92 Å². The second-order valence-corrected chi connectivity index (χ2v) is 6.33. The Bertz CT molecular complexity index is 491. The van der Waals surface area contributed by atoms with E-state index in [0.29, 0.717) is 23.8 Å². The van der Waals surface area contributed by atoms with E-state index >= 15 is 0 Å². The van der Waals surface area contributed by atoms with Gasteiger partial charge in [0.1, 0.15) is 11.5 Å². The van der Waals surface area contributed by atoms with Crippen LogP contribution < -0.4 is 9.47 Å². The summed E-state index contributed by atoms with van der Waals surface area (Å²) >= 11 is 0. The van der Waals surface area contributed by atoms with Gasteiger partial charge in [0.15, 0.2) is 0 Å². The monoisotopic (exact) mass is 291 g/mol. The fourth-order valence-corrected chi connectivity index (χ4v) is 4.03. The fourth-order valence-electron chi connectivity index (χ4n) is 4.03. The van der Waals surface area contributed by atoms with Crippen molar-refractivity contribution in [3.05, 3.63) is 23.8 Å². The molecule has 0 saturated carbocycles. The number of hydrogen-bond acceptors (Lipinski definition) is 4. The second-order valence-electron chi connectivity index (χ2n) is 6.33. The van der Waals surface area contributed by atoms with E-state index in [9.17, 15) is 5.11 Å². The molecule has 1 N–H and O–H groups in total. The molecule has 2 heterocycles. The molecule has 2 bridgehead atoms. The molecular formula is C17H25NO3. The third kappa shape index (κ3) is 2.62. The van der Waals surface area contributed by atoms with E-state index in [-0.39, 0.29) is 0 Å². The molecule has 3 unspecified atom stereocenters. The molecule has 0 amide bonds. The summed E-state index contributed by atoms with van der Waals surface area (Å²) < 4.78 is 10.7. The van der Waals surface area contributed by atoms with Crippen LogP contribution in [0.1, 0.15) is 37.4 Å². The van der Waals surface area contributed by atoms with Crippen LogP contribution in [0.15, 0.2) is 18.2 Å². The molecule has 2 fully saturated rings. The van der Waals surface area contributed by atoms with E-state index in [1.807, 2.05) is 18.2 Å². The van der Waals surface area contributed by atoms with Gasteiger partial charge < -0.3 is 19.5 Å². The largest absolute Gasteiger partial charge is 0.497 e. The molecule has 0 spiro atoms. The highest BCUT2D eigenvalue weighted by Crippen LogP contribution is 2.44. The smallest absolute Gasteiger partial charge is 0.128 e. The summed E-state index contributed by atoms with van der Waals surface area (Å²) in [5, 5.41) is 10.8. The van der Waals surface area contributed by atoms with Crippen LogP contribution in [-0.4, -0.2) is 43.4 Å². The van der Waals surface area contributed by atoms with E-state index in [0.717, 1.165) is 24.2 Å². The first-order valence-corrected chi connectivity index (χ1v) is 7.76. The van der Waals surface area contributed by atoms with E-state index in [4.69, 9.17) is 9.47 Å². The van der Waals surface area contributed by atoms with Crippen molar-refractivity contribution in [2.24, 2.45) is 5.92 Å². The lowest BCUT2D eigenvalue weighted by Gasteiger charge is -2.38. The number of benzene rings is 1. The minimum Gasteiger partial charge on any atom is -0.497 e. The Labute approximate surface area is 126 Å². The van der Waals surface area contributed by atoms with Crippen LogP contribution in [0.4, 0.5) is 0 Å². The van der Waals surface area contributed by atoms with Gasteiger partial charge in [0.2, 0.25) is 0 Å². The zero-order chi connectivity index (χ0) is 15.0. The van der Waals surface area contributed by atoms with Crippen molar-refractivity contribution >= 4 is 0 Å². The first-order chi connectivity index (χ1) is 10.1. The van der Waals surface area contributed by atoms with Gasteiger partial charge in [0.05, 0.1) is 20.3 Å². The van der Waals surface area contributed by atoms with Crippen LogP contribution in [0.3, 0.4) is 0 Å². The Morgan fingerprint density at radius 3 is 2.38 bits per heavy atom. The van der Waals surface area contributed by atoms with E-state index in [2.05, 4.69) is 11.9 Å². The number of hydrogen-bond donors (Lipinski definition) is 1. The van der Waals surface area contributed by atoms with Gasteiger partial charge in [-0.2, -0.15) is 0 Å². The Kier molecular flexibility index (Phi) is 4.09. The molecule has 0 aliphatic carbocycles. The number of methoxy groups -OCH3 is 2. The fraction of sp³-hybridized carbons (Fsp3) is 0.647. The van der Waals surface area contributed by atoms with Crippen molar-refractivity contribution in [2.75, 3.05) is 21.3 Å². The molecule has 2 aliphatic rings. The number of rotatable bonds is 4. The molecule has 116 valence electrons. The molecule has 2 aliphatic heterocycles. The van der Waals surface area contributed by atoms with E-state index < -0.39 is 6.10 Å². The normalized spacial score (nSPS) is 30.2. The number of fused-ring (bicyclic) bond motifs is 2. The molecule has 0 radical (unpaired) electrons. The summed E-state index contributed by atoms with van der Waals surface area (Å²) in [7, 11) is 5.50. The van der Waals surface area contributed by atoms with Crippen molar-refractivity contribution in [3.63, 3.8) is 0 Å². The number of nitrogens with zero attached hydrogens (tertiary/aromatic N) is 1. The minimum atomic E-state index is -0.456. The zero-order valence-electron chi connectivity index (χ0n) is 13.1. The van der Waals surface area contributed by atoms with Gasteiger partial charge >= 0.3 is 0 Å². The number of ether oxygens (including phenoxy) is 2. The van der Waals surface area contributed by atoms with E-state index in [1.165, 1.54) is 12.8 Å². The quantitative estimate of drug-likeness (QED) is 0.926. The number of piperidine rings is 1. The molecule has 1 aromatic carbocycles. The van der Waals surface area contributed by atoms with Crippen molar-refractivity contribution in [2.45, 2.75) is 43.9 Å². The molecule has 21 heavy (non-hydrogen) atoms. The summed E-state index contributed by atoms with van der Waals surface area (Å²) in [6, 6.07) is 6.94. The number of aliphatic hydroxyl groups excluding tert-OH is 1. The Morgan fingerprint density at radius 1 is 1.14 bits per heavy atom. The van der Waals surface area contributed by atoms with Gasteiger partial charge in [-0.1, -0.05) is 0 Å². The van der Waals surface area contributed by atoms with E-state index in [1.54, 1.807) is 14.2 Å². The molecular weight excluding hydrogens is 266 g/mol. The lowest BCUT2D eigenvalue weighted by atomic mass is 9.83. The Hall–Kier alpha value is -1.26. The SMILES string of the molecule is COc1ccc(C(O)C2CC3CCC(C2)N3C)c(OC)c1. The summed E-state index contributed by atoms with van der Waals surface area (Å²) in [4.78, 5) is 2.49. The zero-order valence-corrected chi connectivity index (χ0v) is 13.1. The molecule has 0 aromatic heterocycles. The van der Waals surface area contributed by atoms with Gasteiger partial charge in [-0.05, 0) is 50.8 Å². The first-order valence-electron chi connectivity index (χ1n) is 7.76. The van der Waals surface area contributed by atoms with Gasteiger partial charge in [-0.3, -0.25) is 0 Å². The average molecular weight is 291 g/mol. The highest BCUT2D eigenvalue weighted by Gasteiger charge is 2.41. The maximum atomic E-state index is 10.8. The highest BCUT2D eigenvalue weighted by molar-refractivity contribution is 5.42. The summed E-state index contributed by atoms with van der Waals surface area (Å²) in [5.74, 6) is 1.79. The predicted molar refractivity (Wildman–Crippen MR) is 81.8 cm³/mol. The van der Waals surface area contributed by atoms with Gasteiger partial charge in [0, 0.05) is 23.7 Å². The van der Waals surface area contributed by atoms with Crippen LogP contribution in [0.25, 0.3) is 0 Å². The predicted octanol–water partition coefficient (Wildman–Crippen LogP) is 2.61. The van der Waals surface area contributed by atoms with Gasteiger partial charge in [-0.25, -0.2) is 0 Å². The summed E-state index contributed by atoms with van der Waals surface area (Å²) in [6.45, 7) is 0. The standard InChI is InChI=1S/C17H25NO3/c1-18-12-4-5-13(18)9-11(8-12)17(19)15-7-6-14(20-2)10-16(15)21-3/h6-7,10-13,17,19H,4-5,8-9H2,1-3H3. The summed E-state index contributed by atoms with van der Waals surface area (Å²) in [5.41, 5.74) is 0.882. The van der Waals surface area contributed by atoms with Crippen molar-refractivity contribution in [3.8, 4) is 11.5 Å². The lowest BCUT2D eigenvalue weighted by Crippen LogP contribution is -2.41. The van der Waals surface area contributed by atoms with Crippen LogP contribution in [0.5, 0.6) is 11.5 Å². The third-order valence-corrected chi connectivity index (χ3v) is 5.34. The first kappa shape index (κ1) is 14.7. The molecule has 2 saturated heterocycles. The minimum absolute atomic E-state index is 0.320. The van der Waals surface area contributed by atoms with Gasteiger partial charge in [-0.15, -0.1) is 0 Å². The topological polar surface area (TPSA) is 41.9 Å². The molecule has 1 aromatic rings. The molecule has 3 rings (SSSR count). The second kappa shape index (κ2) is 5.85. The van der Waals surface area contributed by atoms with Crippen molar-refractivity contribution in [1.29, 1.82) is 0 Å². The van der Waals surface area contributed by atoms with Crippen LogP contribution in [-0.2, 0) is 0 Å². The third-order valence-electron chi connectivity index (χ3n) is 5.34. The summed E-state index contributed by atoms with van der Waals surface area (Å²) in [6.07, 6.45) is 4.23. The van der Waals surface area contributed by atoms with Crippen molar-refractivity contribution < 1.29 is 14.6 Å². The highest BCUT2D eigenvalue weighted by atomic mass is 16.5. The Balaban J connectivity index is 1.81.